The summed E-state index contributed by atoms with van der Waals surface area (Å²) in [6, 6.07) is 13.9. The van der Waals surface area contributed by atoms with E-state index in [9.17, 15) is 23.1 Å². The first kappa shape index (κ1) is 20.6. The topological polar surface area (TPSA) is 91.8 Å². The number of benzene rings is 2. The lowest BCUT2D eigenvalue weighted by Crippen LogP contribution is -2.37. The average Bonchev–Trinajstić information content (AvgIpc) is 2.63. The van der Waals surface area contributed by atoms with Gasteiger partial charge < -0.3 is 10.0 Å². The van der Waals surface area contributed by atoms with Gasteiger partial charge in [-0.3, -0.25) is 9.59 Å². The Labute approximate surface area is 159 Å². The summed E-state index contributed by atoms with van der Waals surface area (Å²) in [4.78, 5) is 25.6. The third-order valence-corrected chi connectivity index (χ3v) is 5.36. The van der Waals surface area contributed by atoms with Gasteiger partial charge in [0.2, 0.25) is 0 Å². The number of rotatable bonds is 8. The van der Waals surface area contributed by atoms with E-state index in [0.717, 1.165) is 11.8 Å². The number of sulfone groups is 1. The molecule has 1 amide bonds. The van der Waals surface area contributed by atoms with Crippen LogP contribution in [0.1, 0.15) is 28.4 Å². The third-order valence-electron chi connectivity index (χ3n) is 4.25. The molecule has 27 heavy (non-hydrogen) atoms. The first-order chi connectivity index (χ1) is 12.7. The predicted octanol–water partition coefficient (Wildman–Crippen LogP) is 2.42. The monoisotopic (exact) mass is 389 g/mol. The van der Waals surface area contributed by atoms with Crippen molar-refractivity contribution in [1.82, 2.24) is 4.90 Å². The lowest BCUT2D eigenvalue weighted by molar-refractivity contribution is -0.137. The summed E-state index contributed by atoms with van der Waals surface area (Å²) in [5.74, 6) is -1.59. The summed E-state index contributed by atoms with van der Waals surface area (Å²) < 4.78 is 23.7. The highest BCUT2D eigenvalue weighted by atomic mass is 32.2. The van der Waals surface area contributed by atoms with Crippen molar-refractivity contribution in [2.75, 3.05) is 19.3 Å². The Hall–Kier alpha value is -2.67. The van der Waals surface area contributed by atoms with Crippen LogP contribution >= 0.6 is 0 Å². The van der Waals surface area contributed by atoms with Crippen molar-refractivity contribution in [2.24, 2.45) is 0 Å². The van der Waals surface area contributed by atoms with Crippen LogP contribution < -0.4 is 0 Å². The molecule has 0 aliphatic rings. The second kappa shape index (κ2) is 8.81. The van der Waals surface area contributed by atoms with Crippen LogP contribution in [0.5, 0.6) is 0 Å². The molecule has 144 valence electrons. The third kappa shape index (κ3) is 5.65. The normalized spacial score (nSPS) is 11.2. The Bertz CT molecular complexity index is 923. The van der Waals surface area contributed by atoms with Gasteiger partial charge in [-0.15, -0.1) is 0 Å². The van der Waals surface area contributed by atoms with E-state index in [1.165, 1.54) is 17.0 Å². The number of hydrogen-bond donors (Lipinski definition) is 1. The zero-order chi connectivity index (χ0) is 20.0. The molecule has 0 bridgehead atoms. The smallest absolute Gasteiger partial charge is 0.323 e. The van der Waals surface area contributed by atoms with Crippen molar-refractivity contribution in [3.8, 4) is 0 Å². The molecule has 0 spiro atoms. The fraction of sp³-hybridized carbons (Fsp3) is 0.300. The van der Waals surface area contributed by atoms with Crippen LogP contribution in [0.15, 0.2) is 53.4 Å². The minimum Gasteiger partial charge on any atom is -0.480 e. The lowest BCUT2D eigenvalue weighted by Gasteiger charge is -2.22. The summed E-state index contributed by atoms with van der Waals surface area (Å²) >= 11 is 0. The highest BCUT2D eigenvalue weighted by Crippen LogP contribution is 2.19. The fourth-order valence-electron chi connectivity index (χ4n) is 2.79. The van der Waals surface area contributed by atoms with Crippen LogP contribution in [0.3, 0.4) is 0 Å². The van der Waals surface area contributed by atoms with Crippen molar-refractivity contribution < 1.29 is 23.1 Å². The number of nitrogens with zero attached hydrogens (tertiary/aromatic N) is 1. The molecular weight excluding hydrogens is 366 g/mol. The van der Waals surface area contributed by atoms with Crippen molar-refractivity contribution in [1.29, 1.82) is 0 Å². The number of aryl methyl sites for hydroxylation is 1. The molecule has 2 aromatic rings. The van der Waals surface area contributed by atoms with E-state index in [0.29, 0.717) is 18.4 Å². The van der Waals surface area contributed by atoms with Gasteiger partial charge in [0, 0.05) is 18.4 Å². The maximum atomic E-state index is 13.0. The van der Waals surface area contributed by atoms with Crippen LogP contribution in [0.2, 0.25) is 0 Å². The van der Waals surface area contributed by atoms with Crippen LogP contribution in [0, 0.1) is 0 Å². The maximum absolute atomic E-state index is 13.0. The number of aliphatic carboxylic acids is 1. The van der Waals surface area contributed by atoms with Crippen molar-refractivity contribution in [3.05, 3.63) is 65.2 Å². The van der Waals surface area contributed by atoms with Gasteiger partial charge in [0.05, 0.1) is 4.90 Å². The number of carboxylic acids is 1. The average molecular weight is 389 g/mol. The summed E-state index contributed by atoms with van der Waals surface area (Å²) in [6.07, 6.45) is 2.12. The molecule has 6 nitrogen and oxygen atoms in total. The number of carboxylic acid groups (broad SMARTS) is 1. The molecule has 2 aromatic carbocycles. The molecule has 0 fully saturated rings. The zero-order valence-corrected chi connectivity index (χ0v) is 16.2. The van der Waals surface area contributed by atoms with Crippen molar-refractivity contribution >= 4 is 21.7 Å². The summed E-state index contributed by atoms with van der Waals surface area (Å²) in [7, 11) is -3.47. The van der Waals surface area contributed by atoms with Crippen LogP contribution in [-0.4, -0.2) is 49.6 Å². The highest BCUT2D eigenvalue weighted by molar-refractivity contribution is 7.90. The van der Waals surface area contributed by atoms with E-state index < -0.39 is 28.3 Å². The Kier molecular flexibility index (Phi) is 6.74. The lowest BCUT2D eigenvalue weighted by atomic mass is 10.0. The largest absolute Gasteiger partial charge is 0.480 e. The van der Waals surface area contributed by atoms with E-state index >= 15 is 0 Å². The predicted molar refractivity (Wildman–Crippen MR) is 103 cm³/mol. The zero-order valence-electron chi connectivity index (χ0n) is 15.4. The van der Waals surface area contributed by atoms with Gasteiger partial charge in [-0.2, -0.15) is 0 Å². The molecule has 1 N–H and O–H groups in total. The highest BCUT2D eigenvalue weighted by Gasteiger charge is 2.22. The molecular formula is C20H23NO5S. The van der Waals surface area contributed by atoms with Gasteiger partial charge in [0.1, 0.15) is 6.54 Å². The fourth-order valence-corrected chi connectivity index (χ4v) is 3.44. The summed E-state index contributed by atoms with van der Waals surface area (Å²) in [6.45, 7) is 1.64. The molecule has 0 aliphatic heterocycles. The maximum Gasteiger partial charge on any atom is 0.323 e. The molecule has 0 radical (unpaired) electrons. The van der Waals surface area contributed by atoms with E-state index in [1.54, 1.807) is 6.07 Å². The van der Waals surface area contributed by atoms with E-state index in [2.05, 4.69) is 0 Å². The van der Waals surface area contributed by atoms with Crippen molar-refractivity contribution in [3.63, 3.8) is 0 Å². The van der Waals surface area contributed by atoms with Gasteiger partial charge in [0.25, 0.3) is 5.91 Å². The van der Waals surface area contributed by atoms with Gasteiger partial charge in [0.15, 0.2) is 9.84 Å². The number of hydrogen-bond acceptors (Lipinski definition) is 4. The number of carbonyl (C=O) groups is 2. The summed E-state index contributed by atoms with van der Waals surface area (Å²) in [5, 5.41) is 9.20. The molecule has 7 heteroatoms. The summed E-state index contributed by atoms with van der Waals surface area (Å²) in [5.41, 5.74) is 1.90. The SMILES string of the molecule is CCc1ccc(S(C)(=O)=O)cc1C(=O)N(CCc1ccccc1)CC(=O)O. The molecule has 0 atom stereocenters. The van der Waals surface area contributed by atoms with Crippen LogP contribution in [0.25, 0.3) is 0 Å². The Balaban J connectivity index is 2.34. The molecule has 0 aromatic heterocycles. The van der Waals surface area contributed by atoms with Gasteiger partial charge in [-0.25, -0.2) is 8.42 Å². The molecule has 2 rings (SSSR count). The van der Waals surface area contributed by atoms with Crippen LogP contribution in [0.4, 0.5) is 0 Å². The first-order valence-electron chi connectivity index (χ1n) is 8.60. The second-order valence-corrected chi connectivity index (χ2v) is 8.32. The molecule has 0 saturated carbocycles. The van der Waals surface area contributed by atoms with Gasteiger partial charge in [-0.05, 0) is 36.1 Å². The van der Waals surface area contributed by atoms with Crippen molar-refractivity contribution in [2.45, 2.75) is 24.7 Å². The Morgan fingerprint density at radius 3 is 2.30 bits per heavy atom. The molecule has 0 saturated heterocycles. The van der Waals surface area contributed by atoms with E-state index in [1.807, 2.05) is 37.3 Å². The second-order valence-electron chi connectivity index (χ2n) is 6.30. The number of carbonyl (C=O) groups excluding carboxylic acids is 1. The quantitative estimate of drug-likeness (QED) is 0.749. The van der Waals surface area contributed by atoms with Gasteiger partial charge >= 0.3 is 5.97 Å². The first-order valence-corrected chi connectivity index (χ1v) is 10.5. The molecule has 0 heterocycles. The van der Waals surface area contributed by atoms with Gasteiger partial charge in [-0.1, -0.05) is 43.3 Å². The Morgan fingerprint density at radius 1 is 1.07 bits per heavy atom. The minimum atomic E-state index is -3.47. The standard InChI is InChI=1S/C20H23NO5S/c1-3-16-9-10-17(27(2,25)26)13-18(16)20(24)21(14-19(22)23)12-11-15-7-5-4-6-8-15/h4-10,13H,3,11-12,14H2,1-2H3,(H,22,23). The molecule has 0 aliphatic carbocycles. The van der Waals surface area contributed by atoms with E-state index in [4.69, 9.17) is 0 Å². The Morgan fingerprint density at radius 2 is 1.74 bits per heavy atom. The number of amides is 1. The molecule has 0 unspecified atom stereocenters. The van der Waals surface area contributed by atoms with E-state index in [-0.39, 0.29) is 17.0 Å². The minimum absolute atomic E-state index is 0.0429. The van der Waals surface area contributed by atoms with Crippen LogP contribution in [-0.2, 0) is 27.5 Å².